The molecular formula is C27H30F2O6S. The van der Waals surface area contributed by atoms with Crippen molar-refractivity contribution in [2.75, 3.05) is 0 Å². The minimum atomic E-state index is -2.29. The maximum absolute atomic E-state index is 17.3. The number of hydrogen-bond acceptors (Lipinski definition) is 6. The molecular weight excluding hydrogens is 490 g/mol. The molecule has 1 N–H and O–H groups in total. The Hall–Kier alpha value is -2.26. The predicted molar refractivity (Wildman–Crippen MR) is 129 cm³/mol. The summed E-state index contributed by atoms with van der Waals surface area (Å²) in [7, 11) is 0. The molecule has 4 aliphatic rings. The molecule has 36 heavy (non-hydrogen) atoms. The first-order valence-electron chi connectivity index (χ1n) is 12.2. The SMILES string of the molecule is Cc1ccoc1C(=O)OC1(C(=O)S)C(C)C[C@H]2[C@@H]3CC(F)C4=CC(=O)C=C[C@]4(C)C3(F)C(O)C[C@@]21C. The lowest BCUT2D eigenvalue weighted by molar-refractivity contribution is -0.221. The Morgan fingerprint density at radius 1 is 1.25 bits per heavy atom. The van der Waals surface area contributed by atoms with Crippen LogP contribution < -0.4 is 0 Å². The Morgan fingerprint density at radius 3 is 2.56 bits per heavy atom. The highest BCUT2D eigenvalue weighted by Crippen LogP contribution is 2.71. The second kappa shape index (κ2) is 7.87. The van der Waals surface area contributed by atoms with Gasteiger partial charge < -0.3 is 14.3 Å². The molecule has 0 saturated heterocycles. The van der Waals surface area contributed by atoms with Gasteiger partial charge in [-0.25, -0.2) is 13.6 Å². The van der Waals surface area contributed by atoms with E-state index in [0.29, 0.717) is 5.56 Å². The second-order valence-electron chi connectivity index (χ2n) is 11.4. The third-order valence-corrected chi connectivity index (χ3v) is 10.1. The summed E-state index contributed by atoms with van der Waals surface area (Å²) < 4.78 is 44.1. The molecule has 6 nitrogen and oxygen atoms in total. The summed E-state index contributed by atoms with van der Waals surface area (Å²) >= 11 is 4.14. The van der Waals surface area contributed by atoms with Crippen LogP contribution in [0.2, 0.25) is 0 Å². The van der Waals surface area contributed by atoms with E-state index in [2.05, 4.69) is 12.6 Å². The average Bonchev–Trinajstić information content (AvgIpc) is 3.32. The van der Waals surface area contributed by atoms with E-state index in [1.54, 1.807) is 26.8 Å². The first-order valence-corrected chi connectivity index (χ1v) is 12.7. The van der Waals surface area contributed by atoms with Gasteiger partial charge in [-0.3, -0.25) is 9.59 Å². The summed E-state index contributed by atoms with van der Waals surface area (Å²) in [5.41, 5.74) is -6.30. The van der Waals surface area contributed by atoms with Crippen LogP contribution in [0.3, 0.4) is 0 Å². The highest BCUT2D eigenvalue weighted by molar-refractivity contribution is 7.96. The fourth-order valence-electron chi connectivity index (χ4n) is 8.01. The third kappa shape index (κ3) is 2.90. The summed E-state index contributed by atoms with van der Waals surface area (Å²) in [6.45, 7) is 6.61. The number of aliphatic hydroxyl groups excluding tert-OH is 1. The van der Waals surface area contributed by atoms with Crippen molar-refractivity contribution in [1.29, 1.82) is 0 Å². The number of halogens is 2. The number of hydrogen-bond donors (Lipinski definition) is 2. The Morgan fingerprint density at radius 2 is 1.94 bits per heavy atom. The number of alkyl halides is 2. The lowest BCUT2D eigenvalue weighted by atomic mass is 9.44. The largest absolute Gasteiger partial charge is 0.457 e. The van der Waals surface area contributed by atoms with E-state index in [1.165, 1.54) is 25.3 Å². The fraction of sp³-hybridized carbons (Fsp3) is 0.593. The number of ether oxygens (including phenoxy) is 1. The predicted octanol–water partition coefficient (Wildman–Crippen LogP) is 4.50. The zero-order valence-electron chi connectivity index (χ0n) is 20.6. The second-order valence-corrected chi connectivity index (χ2v) is 11.8. The first-order chi connectivity index (χ1) is 16.7. The molecule has 3 fully saturated rings. The van der Waals surface area contributed by atoms with Crippen LogP contribution in [0.15, 0.2) is 40.5 Å². The van der Waals surface area contributed by atoms with Crippen LogP contribution in [0.4, 0.5) is 8.78 Å². The van der Waals surface area contributed by atoms with E-state index in [4.69, 9.17) is 9.15 Å². The number of rotatable bonds is 3. The zero-order valence-corrected chi connectivity index (χ0v) is 21.5. The summed E-state index contributed by atoms with van der Waals surface area (Å²) in [5.74, 6) is -3.51. The van der Waals surface area contributed by atoms with Gasteiger partial charge in [0.25, 0.3) is 0 Å². The third-order valence-electron chi connectivity index (χ3n) is 9.79. The molecule has 0 aromatic carbocycles. The number of esters is 1. The highest BCUT2D eigenvalue weighted by atomic mass is 32.1. The van der Waals surface area contributed by atoms with E-state index in [9.17, 15) is 19.5 Å². The number of aryl methyl sites for hydroxylation is 1. The van der Waals surface area contributed by atoms with Crippen molar-refractivity contribution in [3.63, 3.8) is 0 Å². The van der Waals surface area contributed by atoms with Crippen LogP contribution in [-0.2, 0) is 14.3 Å². The van der Waals surface area contributed by atoms with E-state index >= 15 is 8.78 Å². The highest BCUT2D eigenvalue weighted by Gasteiger charge is 2.78. The molecule has 194 valence electrons. The smallest absolute Gasteiger partial charge is 0.375 e. The molecule has 0 spiro atoms. The van der Waals surface area contributed by atoms with Crippen LogP contribution in [0.1, 0.15) is 56.2 Å². The van der Waals surface area contributed by atoms with Gasteiger partial charge in [-0.1, -0.05) is 19.9 Å². The number of carbonyl (C=O) groups is 3. The lowest BCUT2D eigenvalue weighted by Crippen LogP contribution is -2.70. The number of aliphatic hydroxyl groups is 1. The lowest BCUT2D eigenvalue weighted by Gasteiger charge is -2.63. The quantitative estimate of drug-likeness (QED) is 0.450. The number of thiol groups is 1. The number of fused-ring (bicyclic) bond motifs is 5. The van der Waals surface area contributed by atoms with Gasteiger partial charge in [-0.2, -0.15) is 0 Å². The molecule has 5 unspecified atom stereocenters. The summed E-state index contributed by atoms with van der Waals surface area (Å²) in [6, 6.07) is 1.59. The van der Waals surface area contributed by atoms with Crippen molar-refractivity contribution >= 4 is 29.5 Å². The van der Waals surface area contributed by atoms with E-state index in [-0.39, 0.29) is 30.6 Å². The molecule has 9 atom stereocenters. The van der Waals surface area contributed by atoms with Gasteiger partial charge in [0.15, 0.2) is 17.1 Å². The molecule has 1 heterocycles. The molecule has 4 aliphatic carbocycles. The number of allylic oxidation sites excluding steroid dienone is 4. The van der Waals surface area contributed by atoms with E-state index < -0.39 is 69.0 Å². The standard InChI is InChI=1S/C27H30F2O6S/c1-13-6-8-34-21(13)22(32)35-27(23(33)36)14(2)9-16-17-11-19(28)18-10-15(30)5-7-24(18,3)26(17,29)20(31)12-25(16,27)4/h5-8,10,14,16-17,19-20,31H,9,11-12H2,1-4H3,(H,33,36)/t14?,16-,17-,19?,20?,24-,25-,26?,27?/m0/s1. The van der Waals surface area contributed by atoms with Gasteiger partial charge in [0, 0.05) is 28.2 Å². The molecule has 5 rings (SSSR count). The molecule has 1 aromatic rings. The van der Waals surface area contributed by atoms with Crippen molar-refractivity contribution < 1.29 is 37.4 Å². The fourth-order valence-corrected chi connectivity index (χ4v) is 8.54. The molecule has 3 saturated carbocycles. The Kier molecular flexibility index (Phi) is 5.55. The first kappa shape index (κ1) is 25.4. The summed E-state index contributed by atoms with van der Waals surface area (Å²) in [5, 5.41) is 10.7. The monoisotopic (exact) mass is 520 g/mol. The van der Waals surface area contributed by atoms with Crippen molar-refractivity contribution in [2.24, 2.45) is 28.6 Å². The van der Waals surface area contributed by atoms with E-state index in [0.717, 1.165) is 6.08 Å². The van der Waals surface area contributed by atoms with Gasteiger partial charge in [0.05, 0.1) is 12.4 Å². The van der Waals surface area contributed by atoms with Crippen LogP contribution in [0.5, 0.6) is 0 Å². The summed E-state index contributed by atoms with van der Waals surface area (Å²) in [4.78, 5) is 38.4. The topological polar surface area (TPSA) is 93.8 Å². The van der Waals surface area contributed by atoms with Crippen LogP contribution in [0.25, 0.3) is 0 Å². The molecule has 0 radical (unpaired) electrons. The molecule has 0 bridgehead atoms. The van der Waals surface area contributed by atoms with Gasteiger partial charge in [-0.15, -0.1) is 12.6 Å². The number of furan rings is 1. The van der Waals surface area contributed by atoms with Gasteiger partial charge >= 0.3 is 5.97 Å². The van der Waals surface area contributed by atoms with Crippen molar-refractivity contribution in [2.45, 2.75) is 70.5 Å². The normalized spacial score (nSPS) is 45.4. The number of carbonyl (C=O) groups excluding carboxylic acids is 3. The van der Waals surface area contributed by atoms with Gasteiger partial charge in [0.2, 0.25) is 10.9 Å². The minimum Gasteiger partial charge on any atom is -0.457 e. The molecule has 9 heteroatoms. The molecule has 0 aliphatic heterocycles. The van der Waals surface area contributed by atoms with Crippen molar-refractivity contribution in [3.05, 3.63) is 47.5 Å². The maximum Gasteiger partial charge on any atom is 0.375 e. The molecule has 0 amide bonds. The van der Waals surface area contributed by atoms with Gasteiger partial charge in [0.1, 0.15) is 6.17 Å². The number of ketones is 1. The molecule has 1 aromatic heterocycles. The Balaban J connectivity index is 1.62. The minimum absolute atomic E-state index is 0.0266. The van der Waals surface area contributed by atoms with Crippen LogP contribution >= 0.6 is 12.6 Å². The Bertz CT molecular complexity index is 1220. The zero-order chi connectivity index (χ0) is 26.4. The average molecular weight is 521 g/mol. The Labute approximate surface area is 213 Å². The van der Waals surface area contributed by atoms with Crippen molar-refractivity contribution in [3.8, 4) is 0 Å². The van der Waals surface area contributed by atoms with E-state index in [1.807, 2.05) is 0 Å². The summed E-state index contributed by atoms with van der Waals surface area (Å²) in [6.07, 6.45) is 1.62. The van der Waals surface area contributed by atoms with Crippen molar-refractivity contribution in [1.82, 2.24) is 0 Å². The van der Waals surface area contributed by atoms with Crippen LogP contribution in [-0.4, -0.2) is 45.5 Å². The van der Waals surface area contributed by atoms with Gasteiger partial charge in [-0.05, 0) is 62.8 Å². The maximum atomic E-state index is 17.3. The van der Waals surface area contributed by atoms with Crippen LogP contribution in [0, 0.1) is 35.5 Å².